The van der Waals surface area contributed by atoms with Crippen LogP contribution in [0.4, 0.5) is 11.5 Å². The lowest BCUT2D eigenvalue weighted by atomic mass is 10.2. The van der Waals surface area contributed by atoms with Crippen LogP contribution in [0.25, 0.3) is 10.9 Å². The third-order valence-electron chi connectivity index (χ3n) is 2.98. The van der Waals surface area contributed by atoms with Crippen LogP contribution >= 0.6 is 11.6 Å². The van der Waals surface area contributed by atoms with Crippen molar-refractivity contribution in [2.45, 2.75) is 0 Å². The molecule has 0 atom stereocenters. The monoisotopic (exact) mass is 279 g/mol. The Bertz CT molecular complexity index is 821. The minimum Gasteiger partial charge on any atom is -0.339 e. The van der Waals surface area contributed by atoms with Crippen molar-refractivity contribution in [3.8, 4) is 6.07 Å². The predicted molar refractivity (Wildman–Crippen MR) is 81.2 cm³/mol. The first kappa shape index (κ1) is 12.5. The van der Waals surface area contributed by atoms with E-state index >= 15 is 0 Å². The number of nitrogens with zero attached hydrogens (tertiary/aromatic N) is 2. The van der Waals surface area contributed by atoms with E-state index in [2.05, 4.69) is 16.4 Å². The molecule has 0 radical (unpaired) electrons. The van der Waals surface area contributed by atoms with Crippen LogP contribution in [0, 0.1) is 11.3 Å². The second kappa shape index (κ2) is 5.20. The number of nitriles is 1. The number of nitrogens with one attached hydrogen (secondary N) is 1. The van der Waals surface area contributed by atoms with Gasteiger partial charge in [-0.25, -0.2) is 4.98 Å². The minimum atomic E-state index is 0.577. The van der Waals surface area contributed by atoms with Crippen molar-refractivity contribution in [1.29, 1.82) is 5.26 Å². The molecule has 0 saturated heterocycles. The molecule has 1 heterocycles. The number of halogens is 1. The predicted octanol–water partition coefficient (Wildman–Crippen LogP) is 4.50. The summed E-state index contributed by atoms with van der Waals surface area (Å²) in [5.74, 6) is 0.660. The average Bonchev–Trinajstić information content (AvgIpc) is 2.49. The summed E-state index contributed by atoms with van der Waals surface area (Å²) >= 11 is 6.15. The van der Waals surface area contributed by atoms with E-state index in [-0.39, 0.29) is 0 Å². The second-order valence-corrected chi connectivity index (χ2v) is 4.70. The topological polar surface area (TPSA) is 48.7 Å². The Kier molecular flexibility index (Phi) is 3.24. The third-order valence-corrected chi connectivity index (χ3v) is 3.29. The van der Waals surface area contributed by atoms with Crippen molar-refractivity contribution < 1.29 is 0 Å². The summed E-state index contributed by atoms with van der Waals surface area (Å²) in [6.45, 7) is 0. The van der Waals surface area contributed by atoms with Crippen molar-refractivity contribution in [3.05, 3.63) is 65.2 Å². The number of pyridine rings is 1. The van der Waals surface area contributed by atoms with Gasteiger partial charge >= 0.3 is 0 Å². The Balaban J connectivity index is 2.03. The standard InChI is InChI=1S/C16H10ClN3/c17-13-6-3-5-11-8-9-15(20-16(11)13)19-14-7-2-1-4-12(14)10-18/h1-9H,(H,19,20). The first-order chi connectivity index (χ1) is 9.78. The van der Waals surface area contributed by atoms with E-state index in [0.29, 0.717) is 16.4 Å². The van der Waals surface area contributed by atoms with Gasteiger partial charge in [0.1, 0.15) is 11.9 Å². The summed E-state index contributed by atoms with van der Waals surface area (Å²) in [6, 6.07) is 18.9. The molecule has 0 spiro atoms. The number of benzene rings is 2. The quantitative estimate of drug-likeness (QED) is 0.751. The smallest absolute Gasteiger partial charge is 0.131 e. The molecule has 0 saturated carbocycles. The number of hydrogen-bond acceptors (Lipinski definition) is 3. The highest BCUT2D eigenvalue weighted by molar-refractivity contribution is 6.35. The van der Waals surface area contributed by atoms with Crippen LogP contribution in [-0.4, -0.2) is 4.98 Å². The fourth-order valence-corrected chi connectivity index (χ4v) is 2.23. The van der Waals surface area contributed by atoms with Crippen molar-refractivity contribution in [2.24, 2.45) is 0 Å². The molecule has 0 bridgehead atoms. The number of anilines is 2. The first-order valence-corrected chi connectivity index (χ1v) is 6.47. The Hall–Kier alpha value is -2.57. The maximum Gasteiger partial charge on any atom is 0.131 e. The average molecular weight is 280 g/mol. The van der Waals surface area contributed by atoms with Gasteiger partial charge < -0.3 is 5.32 Å². The van der Waals surface area contributed by atoms with Gasteiger partial charge in [-0.05, 0) is 30.3 Å². The second-order valence-electron chi connectivity index (χ2n) is 4.29. The summed E-state index contributed by atoms with van der Waals surface area (Å²) in [7, 11) is 0. The molecule has 0 aliphatic heterocycles. The molecule has 4 heteroatoms. The zero-order valence-corrected chi connectivity index (χ0v) is 11.2. The Morgan fingerprint density at radius 3 is 2.70 bits per heavy atom. The number of fused-ring (bicyclic) bond motifs is 1. The van der Waals surface area contributed by atoms with E-state index in [4.69, 9.17) is 16.9 Å². The van der Waals surface area contributed by atoms with Gasteiger partial charge in [-0.15, -0.1) is 0 Å². The normalized spacial score (nSPS) is 10.2. The Morgan fingerprint density at radius 1 is 1.00 bits per heavy atom. The molecule has 0 unspecified atom stereocenters. The van der Waals surface area contributed by atoms with E-state index in [9.17, 15) is 0 Å². The van der Waals surface area contributed by atoms with Crippen LogP contribution in [0.5, 0.6) is 0 Å². The molecule has 1 aromatic heterocycles. The van der Waals surface area contributed by atoms with Gasteiger partial charge in [0.2, 0.25) is 0 Å². The maximum atomic E-state index is 9.08. The van der Waals surface area contributed by atoms with E-state index < -0.39 is 0 Å². The van der Waals surface area contributed by atoms with Gasteiger partial charge in [0.15, 0.2) is 0 Å². The van der Waals surface area contributed by atoms with E-state index in [0.717, 1.165) is 16.6 Å². The summed E-state index contributed by atoms with van der Waals surface area (Å²) < 4.78 is 0. The molecule has 20 heavy (non-hydrogen) atoms. The first-order valence-electron chi connectivity index (χ1n) is 6.09. The van der Waals surface area contributed by atoms with Crippen LogP contribution in [0.3, 0.4) is 0 Å². The van der Waals surface area contributed by atoms with E-state index in [1.54, 1.807) is 6.07 Å². The van der Waals surface area contributed by atoms with Crippen LogP contribution < -0.4 is 5.32 Å². The lowest BCUT2D eigenvalue weighted by Gasteiger charge is -2.08. The summed E-state index contributed by atoms with van der Waals surface area (Å²) in [4.78, 5) is 4.49. The van der Waals surface area contributed by atoms with Crippen molar-refractivity contribution in [3.63, 3.8) is 0 Å². The minimum absolute atomic E-state index is 0.577. The van der Waals surface area contributed by atoms with Gasteiger partial charge in [-0.1, -0.05) is 35.9 Å². The van der Waals surface area contributed by atoms with Gasteiger partial charge in [0.05, 0.1) is 21.8 Å². The lowest BCUT2D eigenvalue weighted by Crippen LogP contribution is -1.96. The fraction of sp³-hybridized carbons (Fsp3) is 0. The molecule has 3 nitrogen and oxygen atoms in total. The summed E-state index contributed by atoms with van der Waals surface area (Å²) in [5.41, 5.74) is 2.05. The molecular weight excluding hydrogens is 270 g/mol. The maximum absolute atomic E-state index is 9.08. The Labute approximate surface area is 121 Å². The van der Waals surface area contributed by atoms with E-state index in [1.807, 2.05) is 48.5 Å². The van der Waals surface area contributed by atoms with Crippen molar-refractivity contribution in [2.75, 3.05) is 5.32 Å². The molecular formula is C16H10ClN3. The highest BCUT2D eigenvalue weighted by atomic mass is 35.5. The molecule has 2 aromatic carbocycles. The summed E-state index contributed by atoms with van der Waals surface area (Å²) in [6.07, 6.45) is 0. The highest BCUT2D eigenvalue weighted by Gasteiger charge is 2.04. The van der Waals surface area contributed by atoms with Gasteiger partial charge in [0, 0.05) is 5.39 Å². The molecule has 0 aliphatic rings. The Morgan fingerprint density at radius 2 is 1.85 bits per heavy atom. The van der Waals surface area contributed by atoms with E-state index in [1.165, 1.54) is 0 Å². The molecule has 96 valence electrons. The third kappa shape index (κ3) is 2.29. The molecule has 3 rings (SSSR count). The fourth-order valence-electron chi connectivity index (χ4n) is 2.01. The molecule has 0 fully saturated rings. The molecule has 3 aromatic rings. The number of hydrogen-bond donors (Lipinski definition) is 1. The molecule has 1 N–H and O–H groups in total. The van der Waals surface area contributed by atoms with Crippen molar-refractivity contribution in [1.82, 2.24) is 4.98 Å². The van der Waals surface area contributed by atoms with Gasteiger partial charge in [0.25, 0.3) is 0 Å². The van der Waals surface area contributed by atoms with Gasteiger partial charge in [-0.3, -0.25) is 0 Å². The van der Waals surface area contributed by atoms with Crippen molar-refractivity contribution >= 4 is 34.0 Å². The SMILES string of the molecule is N#Cc1ccccc1Nc1ccc2cccc(Cl)c2n1. The molecule has 0 aliphatic carbocycles. The van der Waals surface area contributed by atoms with Gasteiger partial charge in [-0.2, -0.15) is 5.26 Å². The zero-order chi connectivity index (χ0) is 13.9. The number of aromatic nitrogens is 1. The van der Waals surface area contributed by atoms with Crippen LogP contribution in [0.2, 0.25) is 5.02 Å². The number of para-hydroxylation sites is 2. The lowest BCUT2D eigenvalue weighted by molar-refractivity contribution is 1.36. The van der Waals surface area contributed by atoms with Crippen LogP contribution in [-0.2, 0) is 0 Å². The molecule has 0 amide bonds. The number of rotatable bonds is 2. The summed E-state index contributed by atoms with van der Waals surface area (Å²) in [5, 5.41) is 13.8. The largest absolute Gasteiger partial charge is 0.339 e. The van der Waals surface area contributed by atoms with Crippen LogP contribution in [0.1, 0.15) is 5.56 Å². The highest BCUT2D eigenvalue weighted by Crippen LogP contribution is 2.25. The zero-order valence-electron chi connectivity index (χ0n) is 10.5. The van der Waals surface area contributed by atoms with Crippen LogP contribution in [0.15, 0.2) is 54.6 Å².